The predicted molar refractivity (Wildman–Crippen MR) is 107 cm³/mol. The standard InChI is InChI=1S/C24H26F4O/c1-3-5-15-6-8-16(9-7-15)17-10-11-18(22(26)21(17)25)19-12-13-20(29-14-4-2)24(28)23(19)27/h3,5,10-13,15-16H,4,6-9,14H2,1-2H3/b5-3+. The molecule has 0 N–H and O–H groups in total. The number of benzene rings is 2. The van der Waals surface area contributed by atoms with Gasteiger partial charge in [-0.05, 0) is 68.6 Å². The van der Waals surface area contributed by atoms with Crippen LogP contribution in [0.3, 0.4) is 0 Å². The molecule has 0 bridgehead atoms. The lowest BCUT2D eigenvalue weighted by molar-refractivity contribution is 0.295. The maximum Gasteiger partial charge on any atom is 0.201 e. The third kappa shape index (κ3) is 4.49. The molecule has 1 aliphatic carbocycles. The van der Waals surface area contributed by atoms with Gasteiger partial charge in [-0.25, -0.2) is 13.2 Å². The number of ether oxygens (including phenoxy) is 1. The maximum absolute atomic E-state index is 14.8. The third-order valence-electron chi connectivity index (χ3n) is 5.59. The summed E-state index contributed by atoms with van der Waals surface area (Å²) in [4.78, 5) is 0. The van der Waals surface area contributed by atoms with E-state index >= 15 is 0 Å². The normalized spacial score (nSPS) is 19.7. The summed E-state index contributed by atoms with van der Waals surface area (Å²) in [7, 11) is 0. The molecule has 0 radical (unpaired) electrons. The fourth-order valence-electron chi connectivity index (χ4n) is 4.05. The fraction of sp³-hybridized carbons (Fsp3) is 0.417. The second kappa shape index (κ2) is 9.47. The molecule has 1 nitrogen and oxygen atoms in total. The van der Waals surface area contributed by atoms with Crippen molar-refractivity contribution in [2.45, 2.75) is 51.9 Å². The van der Waals surface area contributed by atoms with E-state index in [0.717, 1.165) is 25.7 Å². The lowest BCUT2D eigenvalue weighted by atomic mass is 9.78. The van der Waals surface area contributed by atoms with Gasteiger partial charge >= 0.3 is 0 Å². The molecular weight excluding hydrogens is 380 g/mol. The highest BCUT2D eigenvalue weighted by molar-refractivity contribution is 5.66. The van der Waals surface area contributed by atoms with E-state index in [1.165, 1.54) is 24.3 Å². The van der Waals surface area contributed by atoms with Crippen molar-refractivity contribution in [3.8, 4) is 16.9 Å². The third-order valence-corrected chi connectivity index (χ3v) is 5.59. The molecule has 0 unspecified atom stereocenters. The number of hydrogen-bond acceptors (Lipinski definition) is 1. The largest absolute Gasteiger partial charge is 0.490 e. The van der Waals surface area contributed by atoms with E-state index in [4.69, 9.17) is 4.74 Å². The summed E-state index contributed by atoms with van der Waals surface area (Å²) in [5.41, 5.74) is -0.285. The molecule has 1 saturated carbocycles. The molecule has 1 aliphatic rings. The maximum atomic E-state index is 14.8. The van der Waals surface area contributed by atoms with Crippen molar-refractivity contribution >= 4 is 0 Å². The first-order valence-corrected chi connectivity index (χ1v) is 10.2. The first-order chi connectivity index (χ1) is 14.0. The van der Waals surface area contributed by atoms with Crippen LogP contribution in [0.1, 0.15) is 57.4 Å². The first kappa shape index (κ1) is 21.4. The zero-order valence-electron chi connectivity index (χ0n) is 16.8. The van der Waals surface area contributed by atoms with E-state index < -0.39 is 23.3 Å². The van der Waals surface area contributed by atoms with Crippen LogP contribution in [0.15, 0.2) is 36.4 Å². The number of rotatable bonds is 6. The zero-order valence-corrected chi connectivity index (χ0v) is 16.8. The molecule has 0 spiro atoms. The summed E-state index contributed by atoms with van der Waals surface area (Å²) in [6.07, 6.45) is 8.22. The van der Waals surface area contributed by atoms with Crippen LogP contribution >= 0.6 is 0 Å². The minimum atomic E-state index is -1.24. The van der Waals surface area contributed by atoms with Crippen molar-refractivity contribution < 1.29 is 22.3 Å². The molecule has 0 aromatic heterocycles. The van der Waals surface area contributed by atoms with E-state index in [2.05, 4.69) is 6.08 Å². The highest BCUT2D eigenvalue weighted by atomic mass is 19.2. The van der Waals surface area contributed by atoms with Crippen LogP contribution < -0.4 is 4.74 Å². The monoisotopic (exact) mass is 406 g/mol. The molecule has 0 saturated heterocycles. The van der Waals surface area contributed by atoms with Gasteiger partial charge in [0, 0.05) is 11.1 Å². The lowest BCUT2D eigenvalue weighted by Crippen LogP contribution is -2.13. The van der Waals surface area contributed by atoms with Gasteiger partial charge in [0.15, 0.2) is 23.2 Å². The number of hydrogen-bond donors (Lipinski definition) is 0. The van der Waals surface area contributed by atoms with Gasteiger partial charge in [-0.3, -0.25) is 0 Å². The Kier molecular flexibility index (Phi) is 6.99. The summed E-state index contributed by atoms with van der Waals surface area (Å²) >= 11 is 0. The van der Waals surface area contributed by atoms with Crippen LogP contribution in [0.25, 0.3) is 11.1 Å². The van der Waals surface area contributed by atoms with Crippen molar-refractivity contribution in [2.24, 2.45) is 5.92 Å². The van der Waals surface area contributed by atoms with Gasteiger partial charge in [0.25, 0.3) is 0 Å². The fourth-order valence-corrected chi connectivity index (χ4v) is 4.05. The van der Waals surface area contributed by atoms with E-state index in [-0.39, 0.29) is 29.4 Å². The summed E-state index contributed by atoms with van der Waals surface area (Å²) in [5, 5.41) is 0. The van der Waals surface area contributed by atoms with Crippen LogP contribution in [0.4, 0.5) is 17.6 Å². The molecule has 0 amide bonds. The Morgan fingerprint density at radius 3 is 2.10 bits per heavy atom. The van der Waals surface area contributed by atoms with Crippen molar-refractivity contribution in [3.05, 3.63) is 65.2 Å². The molecule has 5 heteroatoms. The Hall–Kier alpha value is -2.30. The molecule has 156 valence electrons. The topological polar surface area (TPSA) is 9.23 Å². The smallest absolute Gasteiger partial charge is 0.201 e. The van der Waals surface area contributed by atoms with Crippen LogP contribution in [0.2, 0.25) is 0 Å². The molecule has 3 rings (SSSR count). The van der Waals surface area contributed by atoms with Gasteiger partial charge in [0.1, 0.15) is 0 Å². The van der Waals surface area contributed by atoms with Gasteiger partial charge in [0.05, 0.1) is 6.61 Å². The average molecular weight is 406 g/mol. The lowest BCUT2D eigenvalue weighted by Gasteiger charge is -2.27. The van der Waals surface area contributed by atoms with Crippen LogP contribution in [-0.2, 0) is 0 Å². The minimum Gasteiger partial charge on any atom is -0.490 e. The van der Waals surface area contributed by atoms with E-state index in [0.29, 0.717) is 17.9 Å². The van der Waals surface area contributed by atoms with Crippen LogP contribution in [-0.4, -0.2) is 6.61 Å². The summed E-state index contributed by atoms with van der Waals surface area (Å²) in [5.74, 6) is -4.36. The summed E-state index contributed by atoms with van der Waals surface area (Å²) in [6, 6.07) is 5.32. The average Bonchev–Trinajstić information content (AvgIpc) is 2.73. The number of halogens is 4. The van der Waals surface area contributed by atoms with Crippen molar-refractivity contribution in [2.75, 3.05) is 6.61 Å². The predicted octanol–water partition coefficient (Wildman–Crippen LogP) is 7.55. The molecule has 0 heterocycles. The van der Waals surface area contributed by atoms with Gasteiger partial charge < -0.3 is 4.74 Å². The Morgan fingerprint density at radius 1 is 0.862 bits per heavy atom. The zero-order chi connectivity index (χ0) is 21.0. The summed E-state index contributed by atoms with van der Waals surface area (Å²) in [6.45, 7) is 4.06. The molecule has 2 aromatic carbocycles. The van der Waals surface area contributed by atoms with Crippen LogP contribution in [0, 0.1) is 29.2 Å². The van der Waals surface area contributed by atoms with Crippen molar-refractivity contribution in [3.63, 3.8) is 0 Å². The number of allylic oxidation sites excluding steroid dienone is 2. The molecule has 1 fully saturated rings. The van der Waals surface area contributed by atoms with E-state index in [1.54, 1.807) is 0 Å². The van der Waals surface area contributed by atoms with E-state index in [9.17, 15) is 17.6 Å². The molecule has 0 atom stereocenters. The Bertz CT molecular complexity index is 883. The van der Waals surface area contributed by atoms with Crippen molar-refractivity contribution in [1.29, 1.82) is 0 Å². The molecule has 0 aliphatic heterocycles. The van der Waals surface area contributed by atoms with Gasteiger partial charge in [-0.2, -0.15) is 4.39 Å². The summed E-state index contributed by atoms with van der Waals surface area (Å²) < 4.78 is 63.5. The van der Waals surface area contributed by atoms with E-state index in [1.807, 2.05) is 19.9 Å². The molecular formula is C24H26F4O. The molecule has 29 heavy (non-hydrogen) atoms. The highest BCUT2D eigenvalue weighted by Crippen LogP contribution is 2.40. The Labute approximate surface area is 169 Å². The Morgan fingerprint density at radius 2 is 1.48 bits per heavy atom. The Balaban J connectivity index is 1.88. The quantitative estimate of drug-likeness (QED) is 0.355. The second-order valence-electron chi connectivity index (χ2n) is 7.56. The van der Waals surface area contributed by atoms with Gasteiger partial charge in [0.2, 0.25) is 5.82 Å². The SMILES string of the molecule is C/C=C/C1CCC(c2ccc(-c3ccc(OCCC)c(F)c3F)c(F)c2F)CC1. The van der Waals surface area contributed by atoms with Gasteiger partial charge in [-0.15, -0.1) is 0 Å². The molecule has 2 aromatic rings. The second-order valence-corrected chi connectivity index (χ2v) is 7.56. The first-order valence-electron chi connectivity index (χ1n) is 10.2. The van der Waals surface area contributed by atoms with Crippen LogP contribution in [0.5, 0.6) is 5.75 Å². The van der Waals surface area contributed by atoms with Crippen molar-refractivity contribution in [1.82, 2.24) is 0 Å². The highest BCUT2D eigenvalue weighted by Gasteiger charge is 2.27. The minimum absolute atomic E-state index is 0.0635. The van der Waals surface area contributed by atoms with Gasteiger partial charge in [-0.1, -0.05) is 31.2 Å².